The van der Waals surface area contributed by atoms with Gasteiger partial charge in [0.1, 0.15) is 0 Å². The van der Waals surface area contributed by atoms with E-state index in [0.717, 1.165) is 77.5 Å². The van der Waals surface area contributed by atoms with Crippen molar-refractivity contribution in [1.29, 1.82) is 0 Å². The highest BCUT2D eigenvalue weighted by Gasteiger charge is 2.15. The third-order valence-electron chi connectivity index (χ3n) is 12.1. The quantitative estimate of drug-likeness (QED) is 0.133. The molecule has 0 heterocycles. The Morgan fingerprint density at radius 3 is 1.11 bits per heavy atom. The van der Waals surface area contributed by atoms with Crippen LogP contribution in [0.3, 0.4) is 0 Å². The molecule has 0 atom stereocenters. The molecule has 0 N–H and O–H groups in total. The number of hydrogen-bond donors (Lipinski definition) is 0. The average molecular weight is 832 g/mol. The van der Waals surface area contributed by atoms with Crippen LogP contribution in [-0.4, -0.2) is 0 Å². The predicted molar refractivity (Wildman–Crippen MR) is 277 cm³/mol. The number of hydrogen-bond acceptors (Lipinski definition) is 1. The van der Waals surface area contributed by atoms with Crippen molar-refractivity contribution >= 4 is 27.8 Å². The first-order valence-electron chi connectivity index (χ1n) is 24.0. The lowest BCUT2D eigenvalue weighted by atomic mass is 9.93. The normalized spacial score (nSPS) is 11.9. The maximum atomic E-state index is 9.70. The largest absolute Gasteiger partial charge is 0.311 e. The summed E-state index contributed by atoms with van der Waals surface area (Å²) in [4.78, 5) is 1.86. The predicted octanol–water partition coefficient (Wildman–Crippen LogP) is 18.0. The first kappa shape index (κ1) is 35.0. The lowest BCUT2D eigenvalue weighted by Crippen LogP contribution is -2.09. The van der Waals surface area contributed by atoms with Crippen LogP contribution < -0.4 is 4.90 Å². The Bertz CT molecular complexity index is 3520. The molecule has 1 heteroatoms. The molecule has 0 aliphatic heterocycles. The van der Waals surface area contributed by atoms with Gasteiger partial charge in [-0.1, -0.05) is 212 Å². The zero-order valence-corrected chi connectivity index (χ0v) is 35.6. The molecule has 0 unspecified atom stereocenters. The summed E-state index contributed by atoms with van der Waals surface area (Å²) in [6.07, 6.45) is 0. The van der Waals surface area contributed by atoms with Crippen molar-refractivity contribution in [2.45, 2.75) is 0 Å². The molecular weight excluding hydrogens is 783 g/mol. The van der Waals surface area contributed by atoms with Crippen LogP contribution in [0.1, 0.15) is 5.48 Å². The van der Waals surface area contributed by atoms with Gasteiger partial charge in [-0.25, -0.2) is 0 Å². The molecule has 11 rings (SSSR count). The Labute approximate surface area is 387 Å². The Balaban J connectivity index is 1.02. The van der Waals surface area contributed by atoms with Gasteiger partial charge in [-0.15, -0.1) is 0 Å². The average Bonchev–Trinajstić information content (AvgIpc) is 3.42. The van der Waals surface area contributed by atoms with Crippen LogP contribution in [0.4, 0.5) is 17.1 Å². The Hall–Kier alpha value is -8.52. The van der Waals surface area contributed by atoms with Crippen LogP contribution in [0.2, 0.25) is 0 Å². The Kier molecular flexibility index (Phi) is 9.52. The summed E-state index contributed by atoms with van der Waals surface area (Å²) in [5.74, 6) is 0. The van der Waals surface area contributed by atoms with Crippen molar-refractivity contribution in [2.24, 2.45) is 0 Å². The Morgan fingerprint density at radius 2 is 0.585 bits per heavy atom. The molecule has 0 amide bonds. The minimum atomic E-state index is -0.130. The summed E-state index contributed by atoms with van der Waals surface area (Å²) in [5, 5.41) is 2.22. The summed E-state index contributed by atoms with van der Waals surface area (Å²) in [6.45, 7) is 0. The third-order valence-corrected chi connectivity index (χ3v) is 12.1. The zero-order valence-electron chi connectivity index (χ0n) is 39.6. The van der Waals surface area contributed by atoms with E-state index in [1.165, 1.54) is 0 Å². The van der Waals surface area contributed by atoms with E-state index in [9.17, 15) is 5.48 Å². The van der Waals surface area contributed by atoms with Crippen molar-refractivity contribution < 1.29 is 5.48 Å². The molecule has 0 fully saturated rings. The molecule has 0 bridgehead atoms. The lowest BCUT2D eigenvalue weighted by molar-refractivity contribution is 1.28. The van der Waals surface area contributed by atoms with E-state index in [4.69, 9.17) is 0 Å². The van der Waals surface area contributed by atoms with Gasteiger partial charge >= 0.3 is 0 Å². The van der Waals surface area contributed by atoms with Gasteiger partial charge in [0, 0.05) is 17.1 Å². The summed E-state index contributed by atoms with van der Waals surface area (Å²) in [6, 6.07) is 84.4. The zero-order chi connectivity index (χ0) is 46.8. The van der Waals surface area contributed by atoms with Gasteiger partial charge < -0.3 is 4.90 Å². The molecule has 0 saturated heterocycles. The minimum absolute atomic E-state index is 0.107. The number of benzene rings is 11. The fourth-order valence-corrected chi connectivity index (χ4v) is 8.77. The van der Waals surface area contributed by atoms with Crippen LogP contribution in [0.5, 0.6) is 0 Å². The van der Waals surface area contributed by atoms with Crippen LogP contribution in [0.15, 0.2) is 273 Å². The second kappa shape index (κ2) is 17.7. The van der Waals surface area contributed by atoms with E-state index >= 15 is 0 Å². The van der Waals surface area contributed by atoms with Crippen LogP contribution >= 0.6 is 0 Å². The van der Waals surface area contributed by atoms with Gasteiger partial charge in [0.25, 0.3) is 0 Å². The first-order chi connectivity index (χ1) is 33.9. The molecule has 11 aromatic carbocycles. The standard InChI is InChI=1S/C64H45N/c1-4-14-46(15-5-1)49-26-28-50(29-27-49)51-30-36-60(37-31-51)65(61-38-32-52(33-39-61)55-22-12-23-56(42-55)64-25-13-21-54-20-10-11-24-63(54)64)62-40-34-53(35-41-62)59-44-57(47-16-6-2-7-17-47)43-58(45-59)48-18-8-3-9-19-48/h1-45H/i32D,33D,38D,39D. The van der Waals surface area contributed by atoms with Gasteiger partial charge in [0.2, 0.25) is 0 Å². The highest BCUT2D eigenvalue weighted by atomic mass is 15.1. The molecule has 0 spiro atoms. The van der Waals surface area contributed by atoms with Crippen molar-refractivity contribution in [3.63, 3.8) is 0 Å². The second-order valence-corrected chi connectivity index (χ2v) is 16.2. The molecule has 0 radical (unpaired) electrons. The molecular formula is C64H45N. The molecule has 11 aromatic rings. The summed E-state index contributed by atoms with van der Waals surface area (Å²) < 4.78 is 38.5. The van der Waals surface area contributed by atoms with Gasteiger partial charge in [0.05, 0.1) is 5.48 Å². The Morgan fingerprint density at radius 1 is 0.231 bits per heavy atom. The highest BCUT2D eigenvalue weighted by Crippen LogP contribution is 2.40. The second-order valence-electron chi connectivity index (χ2n) is 16.2. The fourth-order valence-electron chi connectivity index (χ4n) is 8.77. The molecule has 0 aliphatic rings. The number of rotatable bonds is 10. The van der Waals surface area contributed by atoms with Gasteiger partial charge in [-0.05, 0) is 149 Å². The highest BCUT2D eigenvalue weighted by molar-refractivity contribution is 5.97. The maximum absolute atomic E-state index is 9.70. The van der Waals surface area contributed by atoms with Crippen molar-refractivity contribution in [1.82, 2.24) is 0 Å². The minimum Gasteiger partial charge on any atom is -0.311 e. The summed E-state index contributed by atoms with van der Waals surface area (Å²) >= 11 is 0. The summed E-state index contributed by atoms with van der Waals surface area (Å²) in [5.41, 5.74) is 15.3. The van der Waals surface area contributed by atoms with E-state index in [1.807, 2.05) is 102 Å². The molecule has 0 saturated carbocycles. The van der Waals surface area contributed by atoms with Crippen molar-refractivity contribution in [3.8, 4) is 77.9 Å². The van der Waals surface area contributed by atoms with Gasteiger partial charge in [-0.2, -0.15) is 0 Å². The maximum Gasteiger partial charge on any atom is 0.0645 e. The SMILES string of the molecule is [2H]c1c([2H])c(N(c2ccc(-c3ccc(-c4ccccc4)cc3)cc2)c2ccc(-c3cc(-c4ccccc4)cc(-c4ccccc4)c3)cc2)c([2H])c([2H])c1-c1cccc(-c2cccc3ccccc23)c1. The molecule has 65 heavy (non-hydrogen) atoms. The van der Waals surface area contributed by atoms with Crippen LogP contribution in [0, 0.1) is 0 Å². The lowest BCUT2D eigenvalue weighted by Gasteiger charge is -2.26. The van der Waals surface area contributed by atoms with E-state index < -0.39 is 0 Å². The number of nitrogens with zero attached hydrogens (tertiary/aromatic N) is 1. The molecule has 1 nitrogen and oxygen atoms in total. The van der Waals surface area contributed by atoms with Crippen molar-refractivity contribution in [2.75, 3.05) is 4.90 Å². The van der Waals surface area contributed by atoms with Gasteiger partial charge in [0.15, 0.2) is 0 Å². The molecule has 306 valence electrons. The van der Waals surface area contributed by atoms with E-state index in [-0.39, 0.29) is 35.4 Å². The molecule has 0 aromatic heterocycles. The van der Waals surface area contributed by atoms with E-state index in [0.29, 0.717) is 16.9 Å². The smallest absolute Gasteiger partial charge is 0.0645 e. The number of anilines is 3. The van der Waals surface area contributed by atoms with Gasteiger partial charge in [-0.3, -0.25) is 0 Å². The van der Waals surface area contributed by atoms with E-state index in [1.54, 1.807) is 0 Å². The molecule has 0 aliphatic carbocycles. The van der Waals surface area contributed by atoms with Crippen molar-refractivity contribution in [3.05, 3.63) is 273 Å². The third kappa shape index (κ3) is 8.27. The fraction of sp³-hybridized carbons (Fsp3) is 0. The van der Waals surface area contributed by atoms with Crippen LogP contribution in [0.25, 0.3) is 88.7 Å². The topological polar surface area (TPSA) is 3.24 Å². The first-order valence-corrected chi connectivity index (χ1v) is 22.0. The monoisotopic (exact) mass is 831 g/mol. The van der Waals surface area contributed by atoms with Crippen LogP contribution in [-0.2, 0) is 0 Å². The van der Waals surface area contributed by atoms with E-state index in [2.05, 4.69) is 152 Å². The number of fused-ring (bicyclic) bond motifs is 1. The summed E-state index contributed by atoms with van der Waals surface area (Å²) in [7, 11) is 0.